The van der Waals surface area contributed by atoms with E-state index >= 15 is 0 Å². The Balaban J connectivity index is 0.000000244. The third-order valence-corrected chi connectivity index (χ3v) is 5.25. The summed E-state index contributed by atoms with van der Waals surface area (Å²) in [4.78, 5) is 54.9. The van der Waals surface area contributed by atoms with E-state index in [2.05, 4.69) is 20.2 Å². The summed E-state index contributed by atoms with van der Waals surface area (Å²) in [5.41, 5.74) is 0.190. The molecule has 13 nitrogen and oxygen atoms in total. The van der Waals surface area contributed by atoms with Gasteiger partial charge in [-0.1, -0.05) is 34.6 Å². The molecule has 0 amide bonds. The van der Waals surface area contributed by atoms with Gasteiger partial charge in [-0.15, -0.1) is 0 Å². The number of aromatic amines is 2. The molecule has 0 aromatic carbocycles. The van der Waals surface area contributed by atoms with Crippen molar-refractivity contribution in [2.24, 2.45) is 0 Å². The molecule has 0 aliphatic carbocycles. The number of carboxylic acids is 1. The fraction of sp³-hybridized carbons (Fsp3) is 0.333. The van der Waals surface area contributed by atoms with Crippen LogP contribution in [-0.2, 0) is 12.8 Å². The van der Waals surface area contributed by atoms with E-state index in [1.807, 2.05) is 26.0 Å². The van der Waals surface area contributed by atoms with Gasteiger partial charge in [0.2, 0.25) is 0 Å². The molecule has 0 spiro atoms. The molecule has 4 aromatic rings. The summed E-state index contributed by atoms with van der Waals surface area (Å²) in [5, 5.41) is 31.9. The van der Waals surface area contributed by atoms with Gasteiger partial charge in [-0.3, -0.25) is 24.6 Å². The van der Waals surface area contributed by atoms with Crippen LogP contribution in [0.15, 0.2) is 22.0 Å². The second kappa shape index (κ2) is 12.1. The van der Waals surface area contributed by atoms with Crippen LogP contribution in [0.25, 0.3) is 11.3 Å². The molecule has 0 atom stereocenters. The molecule has 0 aliphatic rings. The third-order valence-electron chi connectivity index (χ3n) is 5.25. The Kier molecular flexibility index (Phi) is 9.21. The minimum absolute atomic E-state index is 0.0344. The van der Waals surface area contributed by atoms with Crippen molar-refractivity contribution in [3.8, 4) is 12.1 Å². The van der Waals surface area contributed by atoms with Gasteiger partial charge in [-0.25, -0.2) is 23.8 Å². The van der Waals surface area contributed by atoms with Crippen molar-refractivity contribution in [3.05, 3.63) is 66.7 Å². The number of aromatic carboxylic acids is 1. The maximum Gasteiger partial charge on any atom is 0.355 e. The van der Waals surface area contributed by atoms with Crippen LogP contribution >= 0.6 is 0 Å². The molecule has 3 N–H and O–H groups in total. The maximum atomic E-state index is 12.2. The molecule has 0 radical (unpaired) electrons. The highest BCUT2D eigenvalue weighted by atomic mass is 16.4. The van der Waals surface area contributed by atoms with Gasteiger partial charge in [0.1, 0.15) is 29.0 Å². The summed E-state index contributed by atoms with van der Waals surface area (Å²) >= 11 is 0. The quantitative estimate of drug-likeness (QED) is 0.339. The van der Waals surface area contributed by atoms with Crippen LogP contribution in [-0.4, -0.2) is 46.1 Å². The predicted octanol–water partition coefficient (Wildman–Crippen LogP) is 2.23. The number of fused-ring (bicyclic) bond motifs is 2. The average Bonchev–Trinajstić information content (AvgIpc) is 3.53. The van der Waals surface area contributed by atoms with Crippen molar-refractivity contribution in [1.82, 2.24) is 29.2 Å². The number of nitrogens with one attached hydrogen (secondary N) is 2. The number of H-pyrrole nitrogens is 2. The van der Waals surface area contributed by atoms with Crippen molar-refractivity contribution in [1.29, 1.82) is 10.5 Å². The Morgan fingerprint density at radius 3 is 1.62 bits per heavy atom. The fourth-order valence-corrected chi connectivity index (χ4v) is 3.48. The number of hydrogen-bond donors (Lipinski definition) is 3. The topological polar surface area (TPSA) is 202 Å². The van der Waals surface area contributed by atoms with Crippen LogP contribution in [0.2, 0.25) is 0 Å². The summed E-state index contributed by atoms with van der Waals surface area (Å²) < 4.78 is 2.27. The number of hydrogen-bond acceptors (Lipinski definition) is 8. The molecule has 37 heavy (non-hydrogen) atoms. The minimum Gasteiger partial charge on any atom is -0.476 e. The zero-order valence-corrected chi connectivity index (χ0v) is 21.0. The predicted molar refractivity (Wildman–Crippen MR) is 133 cm³/mol. The van der Waals surface area contributed by atoms with Crippen LogP contribution < -0.4 is 11.1 Å². The molecule has 13 heteroatoms. The second-order valence-electron chi connectivity index (χ2n) is 7.19. The maximum absolute atomic E-state index is 12.2. The normalized spacial score (nSPS) is 10.0. The van der Waals surface area contributed by atoms with Crippen LogP contribution in [0, 0.1) is 22.7 Å². The zero-order chi connectivity index (χ0) is 27.9. The fourth-order valence-electron chi connectivity index (χ4n) is 3.48. The van der Waals surface area contributed by atoms with Gasteiger partial charge in [0, 0.05) is 24.4 Å². The lowest BCUT2D eigenvalue weighted by Crippen LogP contribution is -2.24. The van der Waals surface area contributed by atoms with E-state index in [4.69, 9.17) is 15.6 Å². The Labute approximate surface area is 210 Å². The first-order chi connectivity index (χ1) is 17.7. The van der Waals surface area contributed by atoms with E-state index in [1.165, 1.54) is 16.9 Å². The van der Waals surface area contributed by atoms with Gasteiger partial charge < -0.3 is 5.11 Å². The summed E-state index contributed by atoms with van der Waals surface area (Å²) in [5.74, 6) is -1.46. The second-order valence-corrected chi connectivity index (χ2v) is 7.19. The molecule has 0 unspecified atom stereocenters. The van der Waals surface area contributed by atoms with Crippen molar-refractivity contribution in [2.45, 2.75) is 53.9 Å². The number of aromatic nitrogens is 6. The molecule has 0 fully saturated rings. The van der Waals surface area contributed by atoms with Gasteiger partial charge in [0.25, 0.3) is 11.1 Å². The van der Waals surface area contributed by atoms with E-state index in [9.17, 15) is 19.2 Å². The van der Waals surface area contributed by atoms with E-state index in [-0.39, 0.29) is 63.6 Å². The molecule has 4 rings (SSSR count). The molecule has 4 aromatic heterocycles. The number of carboxylic acid groups (broad SMARTS) is 1. The van der Waals surface area contributed by atoms with Crippen molar-refractivity contribution in [2.75, 3.05) is 0 Å². The first kappa shape index (κ1) is 28.2. The highest BCUT2D eigenvalue weighted by Gasteiger charge is 2.20. The first-order valence-corrected chi connectivity index (χ1v) is 11.6. The van der Waals surface area contributed by atoms with Gasteiger partial charge >= 0.3 is 5.97 Å². The number of nitriles is 2. The Hall–Kier alpha value is -5.04. The zero-order valence-electron chi connectivity index (χ0n) is 21.0. The van der Waals surface area contributed by atoms with Crippen molar-refractivity contribution >= 4 is 23.0 Å². The van der Waals surface area contributed by atoms with Gasteiger partial charge in [0.15, 0.2) is 22.8 Å². The van der Waals surface area contributed by atoms with E-state index < -0.39 is 11.5 Å². The number of carbonyl (C=O) groups excluding carboxylic acids is 1. The van der Waals surface area contributed by atoms with Crippen molar-refractivity contribution < 1.29 is 14.7 Å². The molecule has 0 aliphatic heterocycles. The summed E-state index contributed by atoms with van der Waals surface area (Å²) in [6, 6.07) is 3.77. The van der Waals surface area contributed by atoms with Crippen LogP contribution in [0.3, 0.4) is 0 Å². The van der Waals surface area contributed by atoms with Crippen LogP contribution in [0.5, 0.6) is 0 Å². The molecule has 192 valence electrons. The number of rotatable bonds is 5. The summed E-state index contributed by atoms with van der Waals surface area (Å²) in [6.45, 7) is 9.18. The molecule has 0 bridgehead atoms. The van der Waals surface area contributed by atoms with E-state index in [0.717, 1.165) is 4.52 Å². The van der Waals surface area contributed by atoms with E-state index in [1.54, 1.807) is 20.8 Å². The number of carbonyl (C=O) groups is 2. The number of nitrogens with zero attached hydrogens (tertiary/aromatic N) is 6. The molecule has 0 saturated heterocycles. The lowest BCUT2D eigenvalue weighted by atomic mass is 10.1. The summed E-state index contributed by atoms with van der Waals surface area (Å²) in [7, 11) is 0. The van der Waals surface area contributed by atoms with E-state index in [0.29, 0.717) is 12.0 Å². The highest BCUT2D eigenvalue weighted by molar-refractivity contribution is 5.95. The minimum atomic E-state index is -1.27. The van der Waals surface area contributed by atoms with Gasteiger partial charge in [-0.05, 0) is 12.8 Å². The Morgan fingerprint density at radius 2 is 1.27 bits per heavy atom. The SMILES string of the molecule is CC.CCC(=O)c1nc2c(C#N)c[nH]n2c(=O)c1CC.CCc1c(C(=O)O)nc2c(C#N)c[nH]n2c1=O. The molecular weight excluding hydrogens is 480 g/mol. The molecule has 0 saturated carbocycles. The third kappa shape index (κ3) is 5.16. The lowest BCUT2D eigenvalue weighted by molar-refractivity contribution is 0.0689. The van der Waals surface area contributed by atoms with Crippen molar-refractivity contribution in [3.63, 3.8) is 0 Å². The first-order valence-electron chi connectivity index (χ1n) is 11.6. The Bertz CT molecular complexity index is 1670. The van der Waals surface area contributed by atoms with Crippen LogP contribution in [0.1, 0.15) is 84.3 Å². The monoisotopic (exact) mass is 506 g/mol. The highest BCUT2D eigenvalue weighted by Crippen LogP contribution is 2.11. The smallest absolute Gasteiger partial charge is 0.355 e. The average molecular weight is 507 g/mol. The molecular formula is C24H26N8O5. The van der Waals surface area contributed by atoms with Crippen LogP contribution in [0.4, 0.5) is 0 Å². The molecule has 4 heterocycles. The summed E-state index contributed by atoms with van der Waals surface area (Å²) in [6.07, 6.45) is 3.69. The standard InChI is InChI=1S/C12H12N4O2.C10H8N4O3.C2H6/c1-3-8-10(9(17)4-2)15-11-7(5-13)6-14-16(11)12(8)18;1-2-6-7(10(16)17)13-8-5(3-11)4-12-14(8)9(6)15;1-2/h6,14H,3-4H2,1-2H3;4,12H,2H2,1H3,(H,16,17);1-2H3. The number of Topliss-reactive ketones (excluding diaryl/α,β-unsaturated/α-hetero) is 1. The van der Waals surface area contributed by atoms with Gasteiger partial charge in [0.05, 0.1) is 5.56 Å². The lowest BCUT2D eigenvalue weighted by Gasteiger charge is -2.05. The Morgan fingerprint density at radius 1 is 0.865 bits per heavy atom. The largest absolute Gasteiger partial charge is 0.476 e. The van der Waals surface area contributed by atoms with Gasteiger partial charge in [-0.2, -0.15) is 10.5 Å². The number of ketones is 1.